The number of unbranched alkanes of at least 4 members (excludes halogenated alkanes) is 2. The Kier molecular flexibility index (Phi) is 22.5. The second kappa shape index (κ2) is 25.0. The summed E-state index contributed by atoms with van der Waals surface area (Å²) in [6.07, 6.45) is 24.5. The largest absolute Gasteiger partial charge is 0.671 e. The van der Waals surface area contributed by atoms with Crippen molar-refractivity contribution < 1.29 is 43.7 Å². The highest BCUT2D eigenvalue weighted by molar-refractivity contribution is 6.75. The van der Waals surface area contributed by atoms with Crippen LogP contribution in [0.25, 0.3) is 0 Å². The van der Waals surface area contributed by atoms with Crippen LogP contribution in [0.3, 0.4) is 0 Å². The van der Waals surface area contributed by atoms with E-state index >= 15 is 0 Å². The van der Waals surface area contributed by atoms with Gasteiger partial charge >= 0.3 is 27.1 Å². The van der Waals surface area contributed by atoms with Crippen LogP contribution in [0.4, 0.5) is 0 Å². The summed E-state index contributed by atoms with van der Waals surface area (Å²) < 4.78 is 63.6. The zero-order valence-corrected chi connectivity index (χ0v) is 37.6. The molecule has 308 valence electrons. The molecule has 0 aromatic carbocycles. The van der Waals surface area contributed by atoms with E-state index < -0.39 is 36.9 Å². The van der Waals surface area contributed by atoms with Crippen molar-refractivity contribution in [1.82, 2.24) is 0 Å². The summed E-state index contributed by atoms with van der Waals surface area (Å²) in [7, 11) is -13.9. The fourth-order valence-electron chi connectivity index (χ4n) is 8.05. The number of hydrogen-bond acceptors (Lipinski definition) is 10. The topological polar surface area (TPSA) is 103 Å². The maximum atomic E-state index is 12.7. The van der Waals surface area contributed by atoms with Gasteiger partial charge in [-0.05, 0) is 77.6 Å². The molecular formula is C38H80O10Si4. The van der Waals surface area contributed by atoms with E-state index in [2.05, 4.69) is 27.3 Å². The van der Waals surface area contributed by atoms with Gasteiger partial charge < -0.3 is 43.7 Å². The van der Waals surface area contributed by atoms with Gasteiger partial charge in [-0.2, -0.15) is 0 Å². The third-order valence-electron chi connectivity index (χ3n) is 11.0. The second-order valence-corrected chi connectivity index (χ2v) is 23.5. The van der Waals surface area contributed by atoms with Crippen molar-refractivity contribution in [3.8, 4) is 0 Å². The van der Waals surface area contributed by atoms with Crippen LogP contribution in [0.1, 0.15) is 202 Å². The zero-order valence-electron chi connectivity index (χ0n) is 33.2. The van der Waals surface area contributed by atoms with Gasteiger partial charge in [-0.3, -0.25) is 0 Å². The lowest BCUT2D eigenvalue weighted by Crippen LogP contribution is -2.69. The highest BCUT2D eigenvalue weighted by Gasteiger charge is 2.67. The normalized spacial score (nSPS) is 38.7. The summed E-state index contributed by atoms with van der Waals surface area (Å²) in [6, 6.07) is 0. The van der Waals surface area contributed by atoms with Crippen LogP contribution in [0.15, 0.2) is 0 Å². The number of fused-ring (bicyclic) bond motifs is 4. The first-order valence-electron chi connectivity index (χ1n) is 21.6. The molecule has 0 aromatic heterocycles. The van der Waals surface area contributed by atoms with Gasteiger partial charge in [0, 0.05) is 6.10 Å². The molecular weight excluding hydrogens is 729 g/mol. The Labute approximate surface area is 324 Å². The molecule has 4 rings (SSSR count). The van der Waals surface area contributed by atoms with Gasteiger partial charge in [-0.15, -0.1) is 0 Å². The minimum Gasteiger partial charge on any atom is -0.400 e. The minimum absolute atomic E-state index is 0. The number of hydrogen-bond donors (Lipinski definition) is 1. The van der Waals surface area contributed by atoms with Crippen molar-refractivity contribution in [2.24, 2.45) is 0 Å². The molecule has 0 aliphatic carbocycles. The quantitative estimate of drug-likeness (QED) is 0.227. The fourth-order valence-corrected chi connectivity index (χ4v) is 19.4. The van der Waals surface area contributed by atoms with Crippen LogP contribution in [0, 0.1) is 0 Å². The Morgan fingerprint density at radius 2 is 1.04 bits per heavy atom. The van der Waals surface area contributed by atoms with Crippen molar-refractivity contribution in [1.29, 1.82) is 0 Å². The Bertz CT molecular complexity index is 940. The van der Waals surface area contributed by atoms with Crippen LogP contribution in [0.2, 0.25) is 6.55 Å². The molecule has 1 spiro atoms. The van der Waals surface area contributed by atoms with Gasteiger partial charge in [0.2, 0.25) is 0 Å². The SMILES string of the molecule is C.CCCCC1CCCCC2CCCCCCCC(CC)O[Si]3(O)OC(C)CCCCC4CCCCC(CCCC)O[Si](O[SiH2]C)(O1)O[Si](O2)(O4)O3. The lowest BCUT2D eigenvalue weighted by molar-refractivity contribution is -0.107. The Morgan fingerprint density at radius 1 is 0.577 bits per heavy atom. The molecule has 4 aliphatic rings. The van der Waals surface area contributed by atoms with Gasteiger partial charge in [0.1, 0.15) is 0 Å². The second-order valence-electron chi connectivity index (χ2n) is 15.7. The van der Waals surface area contributed by atoms with Gasteiger partial charge in [0.25, 0.3) is 0 Å². The summed E-state index contributed by atoms with van der Waals surface area (Å²) in [6.45, 7) is 10.7. The summed E-state index contributed by atoms with van der Waals surface area (Å²) in [5, 5.41) is 0. The van der Waals surface area contributed by atoms with Crippen LogP contribution < -0.4 is 0 Å². The summed E-state index contributed by atoms with van der Waals surface area (Å²) in [5.41, 5.74) is 0. The number of rotatable bonds is 9. The minimum atomic E-state index is -4.44. The predicted octanol–water partition coefficient (Wildman–Crippen LogP) is 9.69. The fraction of sp³-hybridized carbons (Fsp3) is 1.00. The first-order valence-corrected chi connectivity index (χ1v) is 28.5. The first kappa shape index (κ1) is 46.8. The average molecular weight is 809 g/mol. The van der Waals surface area contributed by atoms with Gasteiger partial charge in [-0.25, -0.2) is 0 Å². The average Bonchev–Trinajstić information content (AvgIpc) is 3.14. The molecule has 4 heterocycles. The van der Waals surface area contributed by atoms with Crippen molar-refractivity contribution >= 4 is 36.9 Å². The highest BCUT2D eigenvalue weighted by Crippen LogP contribution is 2.38. The van der Waals surface area contributed by atoms with Crippen LogP contribution >= 0.6 is 0 Å². The molecule has 10 nitrogen and oxygen atoms in total. The van der Waals surface area contributed by atoms with Crippen LogP contribution in [0.5, 0.6) is 0 Å². The van der Waals surface area contributed by atoms with E-state index in [4.69, 9.17) is 38.9 Å². The Hall–Kier alpha value is 0.468. The third-order valence-corrected chi connectivity index (χ3v) is 21.4. The maximum Gasteiger partial charge on any atom is 0.671 e. The molecule has 9 atom stereocenters. The van der Waals surface area contributed by atoms with Crippen LogP contribution in [-0.4, -0.2) is 78.3 Å². The Morgan fingerprint density at radius 3 is 1.56 bits per heavy atom. The molecule has 1 N–H and O–H groups in total. The molecule has 4 fully saturated rings. The summed E-state index contributed by atoms with van der Waals surface area (Å²) >= 11 is 0. The Balaban J connectivity index is 0.00000729. The van der Waals surface area contributed by atoms with E-state index in [-0.39, 0.29) is 44.1 Å². The molecule has 9 unspecified atom stereocenters. The van der Waals surface area contributed by atoms with E-state index in [1.807, 2.05) is 6.92 Å². The first-order chi connectivity index (χ1) is 24.7. The van der Waals surface area contributed by atoms with E-state index in [1.54, 1.807) is 0 Å². The molecule has 14 heteroatoms. The van der Waals surface area contributed by atoms with Gasteiger partial charge in [0.15, 0.2) is 9.76 Å². The summed E-state index contributed by atoms with van der Waals surface area (Å²) in [4.78, 5) is 12.7. The zero-order chi connectivity index (χ0) is 36.4. The van der Waals surface area contributed by atoms with E-state index in [9.17, 15) is 4.80 Å². The molecule has 0 amide bonds. The summed E-state index contributed by atoms with van der Waals surface area (Å²) in [5.74, 6) is 0. The molecule has 4 saturated heterocycles. The molecule has 0 radical (unpaired) electrons. The van der Waals surface area contributed by atoms with Crippen molar-refractivity contribution in [3.05, 3.63) is 0 Å². The van der Waals surface area contributed by atoms with Crippen LogP contribution in [-0.2, 0) is 38.9 Å². The van der Waals surface area contributed by atoms with E-state index in [1.165, 1.54) is 6.42 Å². The molecule has 0 saturated carbocycles. The van der Waals surface area contributed by atoms with E-state index in [0.717, 1.165) is 161 Å². The smallest absolute Gasteiger partial charge is 0.400 e. The highest BCUT2D eigenvalue weighted by atomic mass is 28.5. The molecule has 0 aromatic rings. The monoisotopic (exact) mass is 808 g/mol. The third kappa shape index (κ3) is 16.1. The van der Waals surface area contributed by atoms with Crippen molar-refractivity contribution in [3.63, 3.8) is 0 Å². The molecule has 52 heavy (non-hydrogen) atoms. The van der Waals surface area contributed by atoms with E-state index in [0.29, 0.717) is 0 Å². The van der Waals surface area contributed by atoms with Crippen molar-refractivity contribution in [2.45, 2.75) is 245 Å². The molecule has 5 bridgehead atoms. The lowest BCUT2D eigenvalue weighted by Gasteiger charge is -2.43. The lowest BCUT2D eigenvalue weighted by atomic mass is 10.0. The predicted molar refractivity (Wildman–Crippen MR) is 216 cm³/mol. The standard InChI is InChI=1S/C37H76O10Si4.CH4/c1-6-9-23-34-28-18-20-30-36-26-15-13-11-12-14-25-33(8-3)40-49(38)39-32(4)22-16-17-27-37-31-21-19-29-35(24-10-7-2)42-50(41-34,45-48-5)47-51(43-36,44-37)46-49;/h32-38H,6-31,48H2,1-5H3;1H4. The maximum absolute atomic E-state index is 12.7. The van der Waals surface area contributed by atoms with Gasteiger partial charge in [0.05, 0.1) is 30.5 Å². The molecule has 4 aliphatic heterocycles. The van der Waals surface area contributed by atoms with Crippen molar-refractivity contribution in [2.75, 3.05) is 0 Å². The van der Waals surface area contributed by atoms with Gasteiger partial charge in [-0.1, -0.05) is 131 Å².